The third-order valence-corrected chi connectivity index (χ3v) is 8.01. The van der Waals surface area contributed by atoms with Crippen LogP contribution in [0.25, 0.3) is 22.2 Å². The number of hydrogen-bond donors (Lipinski definition) is 3. The van der Waals surface area contributed by atoms with Crippen molar-refractivity contribution in [2.45, 2.75) is 64.9 Å². The molecule has 0 spiro atoms. The molecule has 3 N–H and O–H groups in total. The summed E-state index contributed by atoms with van der Waals surface area (Å²) < 4.78 is 46.8. The number of carbonyl (C=O) groups excluding carboxylic acids is 1. The van der Waals surface area contributed by atoms with Crippen molar-refractivity contribution in [1.29, 1.82) is 0 Å². The summed E-state index contributed by atoms with van der Waals surface area (Å²) in [5.74, 6) is -0.445. The van der Waals surface area contributed by atoms with Crippen LogP contribution in [0.5, 0.6) is 0 Å². The molecule has 1 unspecified atom stereocenters. The highest BCUT2D eigenvalue weighted by Crippen LogP contribution is 2.48. The molecule has 0 bridgehead atoms. The van der Waals surface area contributed by atoms with Gasteiger partial charge in [0.05, 0.1) is 30.9 Å². The Bertz CT molecular complexity index is 1540. The van der Waals surface area contributed by atoms with Crippen LogP contribution in [-0.4, -0.2) is 73.9 Å². The van der Waals surface area contributed by atoms with Gasteiger partial charge in [-0.15, -0.1) is 0 Å². The molecule has 2 aliphatic heterocycles. The lowest BCUT2D eigenvalue weighted by Crippen LogP contribution is -2.53. The van der Waals surface area contributed by atoms with Crippen molar-refractivity contribution in [3.05, 3.63) is 52.8 Å². The number of carboxylic acid groups (broad SMARTS) is 1. The van der Waals surface area contributed by atoms with E-state index in [4.69, 9.17) is 4.74 Å². The lowest BCUT2D eigenvalue weighted by Gasteiger charge is -2.48. The van der Waals surface area contributed by atoms with Gasteiger partial charge >= 0.3 is 12.3 Å². The van der Waals surface area contributed by atoms with E-state index in [0.717, 1.165) is 17.3 Å². The van der Waals surface area contributed by atoms with Gasteiger partial charge in [-0.1, -0.05) is 26.8 Å². The summed E-state index contributed by atoms with van der Waals surface area (Å²) in [5.41, 5.74) is 0.386. The van der Waals surface area contributed by atoms with Crippen LogP contribution in [0.15, 0.2) is 30.6 Å². The standard InChI is InChI=1S/C30H35F3N4O5/c1-28(2,3)24-23-16(6-7-37(24)26(38)29(4,5)41)10-17(11-20(23)22-15-42-9-8-36(22)27(39)40)18-12-19-21(30(31,32)33)14-35-25(19)34-13-18/h10-14,22,24,41H,6-9,15H2,1-5H3,(H,34,35)(H,39,40)/t22-,24?/m0/s1. The fourth-order valence-electron chi connectivity index (χ4n) is 6.20. The molecule has 5 rings (SSSR count). The van der Waals surface area contributed by atoms with Gasteiger partial charge < -0.3 is 24.8 Å². The Balaban J connectivity index is 1.76. The van der Waals surface area contributed by atoms with E-state index in [1.807, 2.05) is 26.8 Å². The number of aromatic amines is 1. The van der Waals surface area contributed by atoms with Gasteiger partial charge in [0, 0.05) is 36.4 Å². The molecule has 1 saturated heterocycles. The van der Waals surface area contributed by atoms with Crippen LogP contribution in [0, 0.1) is 5.41 Å². The number of fused-ring (bicyclic) bond motifs is 2. The van der Waals surface area contributed by atoms with Gasteiger partial charge in [0.25, 0.3) is 5.91 Å². The van der Waals surface area contributed by atoms with E-state index in [1.165, 1.54) is 31.0 Å². The molecule has 226 valence electrons. The minimum absolute atomic E-state index is 0.0676. The zero-order valence-electron chi connectivity index (χ0n) is 24.2. The number of benzene rings is 1. The van der Waals surface area contributed by atoms with Crippen molar-refractivity contribution in [3.63, 3.8) is 0 Å². The molecular weight excluding hydrogens is 553 g/mol. The summed E-state index contributed by atoms with van der Waals surface area (Å²) in [6.45, 7) is 9.55. The molecule has 4 heterocycles. The van der Waals surface area contributed by atoms with Gasteiger partial charge in [-0.25, -0.2) is 9.78 Å². The molecule has 0 radical (unpaired) electrons. The first-order chi connectivity index (χ1) is 19.5. The van der Waals surface area contributed by atoms with Crippen molar-refractivity contribution in [2.24, 2.45) is 5.41 Å². The second-order valence-electron chi connectivity index (χ2n) is 12.6. The van der Waals surface area contributed by atoms with Crippen molar-refractivity contribution in [1.82, 2.24) is 19.8 Å². The average Bonchev–Trinajstić information content (AvgIpc) is 3.34. The second kappa shape index (κ2) is 10.3. The maximum absolute atomic E-state index is 13.7. The first-order valence-electron chi connectivity index (χ1n) is 13.8. The molecule has 2 aliphatic rings. The Labute approximate surface area is 241 Å². The summed E-state index contributed by atoms with van der Waals surface area (Å²) in [6, 6.07) is 3.87. The lowest BCUT2D eigenvalue weighted by molar-refractivity contribution is -0.153. The number of rotatable bonds is 3. The van der Waals surface area contributed by atoms with Gasteiger partial charge in [0.2, 0.25) is 0 Å². The van der Waals surface area contributed by atoms with Gasteiger partial charge in [-0.05, 0) is 60.1 Å². The molecule has 2 aromatic heterocycles. The van der Waals surface area contributed by atoms with Crippen LogP contribution in [-0.2, 0) is 22.1 Å². The Morgan fingerprint density at radius 2 is 1.76 bits per heavy atom. The largest absolute Gasteiger partial charge is 0.465 e. The second-order valence-corrected chi connectivity index (χ2v) is 12.6. The maximum atomic E-state index is 13.7. The van der Waals surface area contributed by atoms with Crippen molar-refractivity contribution < 1.29 is 37.7 Å². The normalized spacial score (nSPS) is 20.1. The fraction of sp³-hybridized carbons (Fsp3) is 0.500. The SMILES string of the molecule is CC(C)(O)C(=O)N1CCc2cc(-c3cnc4[nH]cc(C(F)(F)F)c4c3)cc([C@@H]3COCCN3C(=O)O)c2C1C(C)(C)C. The van der Waals surface area contributed by atoms with Gasteiger partial charge in [-0.3, -0.25) is 9.69 Å². The molecule has 2 amide bonds. The maximum Gasteiger partial charge on any atom is 0.418 e. The predicted molar refractivity (Wildman–Crippen MR) is 149 cm³/mol. The number of amides is 2. The van der Waals surface area contributed by atoms with E-state index in [2.05, 4.69) is 9.97 Å². The first kappa shape index (κ1) is 29.8. The van der Waals surface area contributed by atoms with Crippen LogP contribution in [0.2, 0.25) is 0 Å². The molecule has 1 aromatic carbocycles. The van der Waals surface area contributed by atoms with Crippen molar-refractivity contribution in [2.75, 3.05) is 26.3 Å². The van der Waals surface area contributed by atoms with Gasteiger partial charge in [0.1, 0.15) is 11.2 Å². The zero-order valence-corrected chi connectivity index (χ0v) is 24.2. The zero-order chi connectivity index (χ0) is 30.8. The Morgan fingerprint density at radius 3 is 2.38 bits per heavy atom. The van der Waals surface area contributed by atoms with Crippen LogP contribution in [0.3, 0.4) is 0 Å². The monoisotopic (exact) mass is 588 g/mol. The number of morpholine rings is 1. The minimum atomic E-state index is -4.57. The quantitative estimate of drug-likeness (QED) is 0.370. The van der Waals surface area contributed by atoms with E-state index >= 15 is 0 Å². The highest BCUT2D eigenvalue weighted by Gasteiger charge is 2.45. The van der Waals surface area contributed by atoms with Gasteiger partial charge in [0.15, 0.2) is 0 Å². The smallest absolute Gasteiger partial charge is 0.418 e. The van der Waals surface area contributed by atoms with Crippen molar-refractivity contribution >= 4 is 23.0 Å². The molecule has 42 heavy (non-hydrogen) atoms. The van der Waals surface area contributed by atoms with Crippen LogP contribution >= 0.6 is 0 Å². The number of aromatic nitrogens is 2. The molecule has 12 heteroatoms. The molecule has 3 aromatic rings. The number of hydrogen-bond acceptors (Lipinski definition) is 5. The third-order valence-electron chi connectivity index (χ3n) is 8.01. The van der Waals surface area contributed by atoms with E-state index < -0.39 is 46.8 Å². The van der Waals surface area contributed by atoms with Crippen molar-refractivity contribution in [3.8, 4) is 11.1 Å². The Hall–Kier alpha value is -3.64. The number of pyridine rings is 1. The number of aliphatic hydroxyl groups is 1. The Morgan fingerprint density at radius 1 is 1.05 bits per heavy atom. The average molecular weight is 589 g/mol. The number of carbonyl (C=O) groups is 2. The minimum Gasteiger partial charge on any atom is -0.465 e. The number of nitrogens with zero attached hydrogens (tertiary/aromatic N) is 3. The van der Waals surface area contributed by atoms with E-state index in [-0.39, 0.29) is 30.8 Å². The number of H-pyrrole nitrogens is 1. The number of halogens is 3. The summed E-state index contributed by atoms with van der Waals surface area (Å²) >= 11 is 0. The highest BCUT2D eigenvalue weighted by molar-refractivity contribution is 5.87. The molecule has 9 nitrogen and oxygen atoms in total. The van der Waals surface area contributed by atoms with Gasteiger partial charge in [-0.2, -0.15) is 13.2 Å². The molecule has 0 aliphatic carbocycles. The van der Waals surface area contributed by atoms with E-state index in [0.29, 0.717) is 29.7 Å². The first-order valence-corrected chi connectivity index (χ1v) is 13.8. The molecule has 0 saturated carbocycles. The topological polar surface area (TPSA) is 119 Å². The summed E-state index contributed by atoms with van der Waals surface area (Å²) in [4.78, 5) is 35.6. The molecule has 1 fully saturated rings. The van der Waals surface area contributed by atoms with E-state index in [9.17, 15) is 33.0 Å². The van der Waals surface area contributed by atoms with Crippen LogP contribution in [0.4, 0.5) is 18.0 Å². The highest BCUT2D eigenvalue weighted by atomic mass is 19.4. The lowest BCUT2D eigenvalue weighted by atomic mass is 9.73. The number of ether oxygens (including phenoxy) is 1. The van der Waals surface area contributed by atoms with Crippen LogP contribution in [0.1, 0.15) is 69.0 Å². The van der Waals surface area contributed by atoms with E-state index in [1.54, 1.807) is 11.0 Å². The Kier molecular flexibility index (Phi) is 7.29. The summed E-state index contributed by atoms with van der Waals surface area (Å²) in [6.07, 6.45) is -2.91. The number of alkyl halides is 3. The third kappa shape index (κ3) is 5.33. The summed E-state index contributed by atoms with van der Waals surface area (Å²) in [5, 5.41) is 20.7. The number of nitrogens with one attached hydrogen (secondary N) is 1. The molecule has 2 atom stereocenters. The van der Waals surface area contributed by atoms with Crippen LogP contribution < -0.4 is 0 Å². The predicted octanol–water partition coefficient (Wildman–Crippen LogP) is 5.54. The molecular formula is C30H35F3N4O5. The summed E-state index contributed by atoms with van der Waals surface area (Å²) in [7, 11) is 0. The fourth-order valence-corrected chi connectivity index (χ4v) is 6.20.